The van der Waals surface area contributed by atoms with Gasteiger partial charge in [0.2, 0.25) is 0 Å². The van der Waals surface area contributed by atoms with Crippen LogP contribution < -0.4 is 0 Å². The van der Waals surface area contributed by atoms with E-state index < -0.39 is 0 Å². The summed E-state index contributed by atoms with van der Waals surface area (Å²) in [5.74, 6) is 0.141. The van der Waals surface area contributed by atoms with Gasteiger partial charge in [-0.25, -0.2) is 4.98 Å². The summed E-state index contributed by atoms with van der Waals surface area (Å²) in [4.78, 5) is 15.2. The van der Waals surface area contributed by atoms with Gasteiger partial charge in [0, 0.05) is 11.4 Å². The van der Waals surface area contributed by atoms with Crippen molar-refractivity contribution in [1.82, 2.24) is 4.98 Å². The van der Waals surface area contributed by atoms with Gasteiger partial charge in [-0.05, 0) is 24.6 Å². The normalized spacial score (nSPS) is 10.7. The molecule has 72 valence electrons. The number of ketones is 1. The molecule has 4 heteroatoms. The molecule has 0 spiro atoms. The Hall–Kier alpha value is -0.930. The Morgan fingerprint density at radius 2 is 2.36 bits per heavy atom. The summed E-state index contributed by atoms with van der Waals surface area (Å²) < 4.78 is 1.06. The second-order valence-corrected chi connectivity index (χ2v) is 4.44. The molecule has 1 heterocycles. The number of rotatable bonds is 2. The van der Waals surface area contributed by atoms with E-state index in [0.717, 1.165) is 15.8 Å². The van der Waals surface area contributed by atoms with Crippen LogP contribution in [0.2, 0.25) is 5.02 Å². The first-order chi connectivity index (χ1) is 6.66. The lowest BCUT2D eigenvalue weighted by molar-refractivity contribution is -0.116. The molecule has 1 aromatic heterocycles. The molecular weight excluding hydrogens is 218 g/mol. The lowest BCUT2D eigenvalue weighted by atomic mass is 10.1. The zero-order valence-electron chi connectivity index (χ0n) is 7.58. The fourth-order valence-electron chi connectivity index (χ4n) is 1.40. The predicted octanol–water partition coefficient (Wildman–Crippen LogP) is 3.08. The zero-order chi connectivity index (χ0) is 10.1. The van der Waals surface area contributed by atoms with Crippen LogP contribution in [-0.4, -0.2) is 10.8 Å². The number of Topliss-reactive ketones (excluding diaryl/α,β-unsaturated/α-hetero) is 1. The molecular formula is C10H8ClNOS. The van der Waals surface area contributed by atoms with Gasteiger partial charge >= 0.3 is 0 Å². The second kappa shape index (κ2) is 3.67. The molecule has 0 amide bonds. The summed E-state index contributed by atoms with van der Waals surface area (Å²) in [6.07, 6.45) is 0.430. The fourth-order valence-corrected chi connectivity index (χ4v) is 2.42. The minimum atomic E-state index is 0.141. The lowest BCUT2D eigenvalue weighted by Crippen LogP contribution is -1.96. The number of aromatic nitrogens is 1. The van der Waals surface area contributed by atoms with Gasteiger partial charge in [-0.15, -0.1) is 11.3 Å². The number of nitrogens with zero attached hydrogens (tertiary/aromatic N) is 1. The van der Waals surface area contributed by atoms with Crippen molar-refractivity contribution in [3.63, 3.8) is 0 Å². The first-order valence-electron chi connectivity index (χ1n) is 4.18. The van der Waals surface area contributed by atoms with Crippen LogP contribution in [0.3, 0.4) is 0 Å². The molecule has 0 saturated carbocycles. The first kappa shape index (κ1) is 9.62. The molecule has 0 N–H and O–H groups in total. The van der Waals surface area contributed by atoms with E-state index in [-0.39, 0.29) is 5.78 Å². The van der Waals surface area contributed by atoms with E-state index in [1.807, 2.05) is 12.1 Å². The van der Waals surface area contributed by atoms with Crippen LogP contribution in [0.25, 0.3) is 10.2 Å². The molecule has 0 aliphatic rings. The van der Waals surface area contributed by atoms with Crippen LogP contribution in [0.4, 0.5) is 0 Å². The zero-order valence-corrected chi connectivity index (χ0v) is 9.15. The van der Waals surface area contributed by atoms with Crippen LogP contribution in [-0.2, 0) is 11.2 Å². The summed E-state index contributed by atoms with van der Waals surface area (Å²) in [7, 11) is 0. The third-order valence-corrected chi connectivity index (χ3v) is 3.05. The number of carbonyl (C=O) groups is 1. The summed E-state index contributed by atoms with van der Waals surface area (Å²) in [5.41, 5.74) is 3.62. The largest absolute Gasteiger partial charge is 0.300 e. The Labute approximate surface area is 90.5 Å². The molecule has 0 saturated heterocycles. The van der Waals surface area contributed by atoms with Crippen LogP contribution in [0.15, 0.2) is 17.6 Å². The average Bonchev–Trinajstić information content (AvgIpc) is 2.50. The highest BCUT2D eigenvalue weighted by molar-refractivity contribution is 7.17. The molecule has 2 aromatic rings. The van der Waals surface area contributed by atoms with E-state index in [2.05, 4.69) is 4.98 Å². The minimum absolute atomic E-state index is 0.141. The molecule has 1 aromatic carbocycles. The molecule has 2 rings (SSSR count). The van der Waals surface area contributed by atoms with Crippen LogP contribution in [0.5, 0.6) is 0 Å². The van der Waals surface area contributed by atoms with Crippen molar-refractivity contribution in [2.45, 2.75) is 13.3 Å². The van der Waals surface area contributed by atoms with Crippen LogP contribution in [0, 0.1) is 0 Å². The molecule has 0 aliphatic carbocycles. The van der Waals surface area contributed by atoms with Gasteiger partial charge in [0.15, 0.2) is 0 Å². The van der Waals surface area contributed by atoms with Crippen molar-refractivity contribution < 1.29 is 4.79 Å². The van der Waals surface area contributed by atoms with Crippen molar-refractivity contribution in [1.29, 1.82) is 0 Å². The van der Waals surface area contributed by atoms with Gasteiger partial charge in [0.05, 0.1) is 15.7 Å². The highest BCUT2D eigenvalue weighted by atomic mass is 35.5. The summed E-state index contributed by atoms with van der Waals surface area (Å²) >= 11 is 7.46. The topological polar surface area (TPSA) is 30.0 Å². The maximum atomic E-state index is 11.0. The molecule has 0 atom stereocenters. The highest BCUT2D eigenvalue weighted by Gasteiger charge is 2.07. The van der Waals surface area contributed by atoms with Crippen molar-refractivity contribution in [3.8, 4) is 0 Å². The van der Waals surface area contributed by atoms with E-state index in [1.54, 1.807) is 23.8 Å². The smallest absolute Gasteiger partial charge is 0.134 e. The van der Waals surface area contributed by atoms with Crippen molar-refractivity contribution in [2.24, 2.45) is 0 Å². The molecule has 0 unspecified atom stereocenters. The molecule has 0 radical (unpaired) electrons. The summed E-state index contributed by atoms with van der Waals surface area (Å²) in [5, 5.41) is 0.639. The Kier molecular flexibility index (Phi) is 2.52. The first-order valence-corrected chi connectivity index (χ1v) is 5.43. The number of thiazole rings is 1. The molecule has 0 bridgehead atoms. The van der Waals surface area contributed by atoms with Gasteiger partial charge in [-0.3, -0.25) is 4.79 Å². The number of fused-ring (bicyclic) bond motifs is 1. The maximum Gasteiger partial charge on any atom is 0.134 e. The third kappa shape index (κ3) is 1.79. The number of hydrogen-bond donors (Lipinski definition) is 0. The van der Waals surface area contributed by atoms with E-state index in [9.17, 15) is 4.79 Å². The summed E-state index contributed by atoms with van der Waals surface area (Å²) in [6, 6.07) is 3.65. The van der Waals surface area contributed by atoms with E-state index in [0.29, 0.717) is 11.4 Å². The highest BCUT2D eigenvalue weighted by Crippen LogP contribution is 2.26. The third-order valence-electron chi connectivity index (χ3n) is 1.91. The van der Waals surface area contributed by atoms with Gasteiger partial charge in [0.1, 0.15) is 5.78 Å². The number of hydrogen-bond acceptors (Lipinski definition) is 3. The SMILES string of the molecule is CC(=O)Cc1cc(Cl)cc2ncsc12. The fraction of sp³-hybridized carbons (Fsp3) is 0.200. The van der Waals surface area contributed by atoms with Gasteiger partial charge in [-0.2, -0.15) is 0 Å². The second-order valence-electron chi connectivity index (χ2n) is 3.14. The average molecular weight is 226 g/mol. The van der Waals surface area contributed by atoms with Gasteiger partial charge in [-0.1, -0.05) is 11.6 Å². The Bertz CT molecular complexity index is 492. The Morgan fingerprint density at radius 3 is 3.07 bits per heavy atom. The van der Waals surface area contributed by atoms with Gasteiger partial charge < -0.3 is 0 Å². The maximum absolute atomic E-state index is 11.0. The molecule has 2 nitrogen and oxygen atoms in total. The molecule has 14 heavy (non-hydrogen) atoms. The monoisotopic (exact) mass is 225 g/mol. The quantitative estimate of drug-likeness (QED) is 0.786. The minimum Gasteiger partial charge on any atom is -0.300 e. The predicted molar refractivity (Wildman–Crippen MR) is 59.0 cm³/mol. The summed E-state index contributed by atoms with van der Waals surface area (Å²) in [6.45, 7) is 1.58. The number of benzene rings is 1. The Balaban J connectivity index is 2.60. The number of carbonyl (C=O) groups excluding carboxylic acids is 1. The lowest BCUT2D eigenvalue weighted by Gasteiger charge is -2.00. The van der Waals surface area contributed by atoms with Crippen molar-refractivity contribution in [3.05, 3.63) is 28.2 Å². The van der Waals surface area contributed by atoms with Gasteiger partial charge in [0.25, 0.3) is 0 Å². The van der Waals surface area contributed by atoms with Crippen molar-refractivity contribution in [2.75, 3.05) is 0 Å². The van der Waals surface area contributed by atoms with Crippen molar-refractivity contribution >= 4 is 38.9 Å². The van der Waals surface area contributed by atoms with E-state index in [4.69, 9.17) is 11.6 Å². The Morgan fingerprint density at radius 1 is 1.57 bits per heavy atom. The van der Waals surface area contributed by atoms with Crippen LogP contribution in [0.1, 0.15) is 12.5 Å². The molecule has 0 fully saturated rings. The van der Waals surface area contributed by atoms with Crippen LogP contribution >= 0.6 is 22.9 Å². The van der Waals surface area contributed by atoms with E-state index in [1.165, 1.54) is 0 Å². The standard InChI is InChI=1S/C10H8ClNOS/c1-6(13)2-7-3-8(11)4-9-10(7)14-5-12-9/h3-5H,2H2,1H3. The molecule has 0 aliphatic heterocycles. The number of halogens is 1. The van der Waals surface area contributed by atoms with E-state index >= 15 is 0 Å².